The molecule has 0 aromatic heterocycles. The van der Waals surface area contributed by atoms with E-state index in [-0.39, 0.29) is 17.0 Å². The maximum absolute atomic E-state index is 13.4. The van der Waals surface area contributed by atoms with Gasteiger partial charge in [0.1, 0.15) is 11.6 Å². The van der Waals surface area contributed by atoms with Gasteiger partial charge in [-0.3, -0.25) is 9.69 Å². The number of hydrogen-bond acceptors (Lipinski definition) is 4. The molecule has 0 radical (unpaired) electrons. The van der Waals surface area contributed by atoms with Crippen LogP contribution in [0.5, 0.6) is 11.5 Å². The predicted octanol–water partition coefficient (Wildman–Crippen LogP) is 10.1. The number of Topliss-reactive ketones (excluding diaryl/α,β-unsaturated/α-hetero) is 1. The molecule has 6 rings (SSSR count). The number of carbonyl (C=O) groups is 1. The zero-order chi connectivity index (χ0) is 34.1. The Balaban J connectivity index is 1.21. The van der Waals surface area contributed by atoms with Crippen molar-refractivity contribution in [1.29, 1.82) is 0 Å². The highest BCUT2D eigenvalue weighted by atomic mass is 19.1. The van der Waals surface area contributed by atoms with Gasteiger partial charge in [0.2, 0.25) is 0 Å². The van der Waals surface area contributed by atoms with Crippen molar-refractivity contribution in [2.24, 2.45) is 5.92 Å². The van der Waals surface area contributed by atoms with Gasteiger partial charge in [0.15, 0.2) is 11.5 Å². The molecule has 5 heteroatoms. The summed E-state index contributed by atoms with van der Waals surface area (Å²) < 4.78 is 24.8. The lowest BCUT2D eigenvalue weighted by Crippen LogP contribution is -2.40. The van der Waals surface area contributed by atoms with E-state index in [1.165, 1.54) is 60.1 Å². The van der Waals surface area contributed by atoms with Gasteiger partial charge in [0.25, 0.3) is 0 Å². The molecule has 0 spiro atoms. The Morgan fingerprint density at radius 3 is 2.04 bits per heavy atom. The number of fused-ring (bicyclic) bond motifs is 1. The summed E-state index contributed by atoms with van der Waals surface area (Å²) in [5.74, 6) is 2.34. The summed E-state index contributed by atoms with van der Waals surface area (Å²) in [7, 11) is 3.46. The van der Waals surface area contributed by atoms with Crippen molar-refractivity contribution < 1.29 is 18.7 Å². The van der Waals surface area contributed by atoms with E-state index in [2.05, 4.69) is 77.7 Å². The molecular weight excluding hydrogens is 609 g/mol. The van der Waals surface area contributed by atoms with Gasteiger partial charge in [-0.05, 0) is 116 Å². The first-order chi connectivity index (χ1) is 24.0. The summed E-state index contributed by atoms with van der Waals surface area (Å²) in [6, 6.07) is 33.3. The molecule has 258 valence electrons. The zero-order valence-electron chi connectivity index (χ0n) is 29.3. The van der Waals surface area contributed by atoms with E-state index < -0.39 is 0 Å². The first-order valence-electron chi connectivity index (χ1n) is 18.4. The molecule has 1 unspecified atom stereocenters. The number of halogens is 1. The van der Waals surface area contributed by atoms with Gasteiger partial charge in [-0.2, -0.15) is 0 Å². The van der Waals surface area contributed by atoms with E-state index >= 15 is 0 Å². The number of nitrogens with zero attached hydrogens (tertiary/aromatic N) is 1. The van der Waals surface area contributed by atoms with Crippen LogP contribution in [0.2, 0.25) is 0 Å². The SMILES string of the molecule is COc1cc2c(cc1OC)C(C1CCCC1)N(CCCC(CCCC(=O)CCc1ccc(F)cc1)(c1ccccc1)c1ccccc1)CC2. The van der Waals surface area contributed by atoms with Crippen LogP contribution in [0.3, 0.4) is 0 Å². The van der Waals surface area contributed by atoms with E-state index in [0.29, 0.717) is 31.2 Å². The predicted molar refractivity (Wildman–Crippen MR) is 196 cm³/mol. The average molecular weight is 662 g/mol. The number of methoxy groups -OCH3 is 2. The average Bonchev–Trinajstić information content (AvgIpc) is 3.68. The van der Waals surface area contributed by atoms with Crippen molar-refractivity contribution >= 4 is 5.78 Å². The van der Waals surface area contributed by atoms with Gasteiger partial charge in [-0.15, -0.1) is 0 Å². The molecule has 2 aliphatic rings. The maximum atomic E-state index is 13.4. The maximum Gasteiger partial charge on any atom is 0.161 e. The highest BCUT2D eigenvalue weighted by molar-refractivity contribution is 5.78. The van der Waals surface area contributed by atoms with E-state index in [4.69, 9.17) is 9.47 Å². The van der Waals surface area contributed by atoms with Crippen LogP contribution < -0.4 is 9.47 Å². The third-order valence-corrected chi connectivity index (χ3v) is 11.2. The molecule has 1 heterocycles. The number of aryl methyl sites for hydroxylation is 1. The molecule has 1 atom stereocenters. The minimum Gasteiger partial charge on any atom is -0.493 e. The lowest BCUT2D eigenvalue weighted by Gasteiger charge is -2.42. The Morgan fingerprint density at radius 2 is 1.41 bits per heavy atom. The quantitative estimate of drug-likeness (QED) is 0.120. The zero-order valence-corrected chi connectivity index (χ0v) is 29.3. The Hall–Kier alpha value is -3.96. The molecule has 0 saturated heterocycles. The third kappa shape index (κ3) is 8.27. The molecule has 1 aliphatic heterocycles. The molecule has 4 aromatic carbocycles. The van der Waals surface area contributed by atoms with E-state index in [1.54, 1.807) is 26.4 Å². The smallest absolute Gasteiger partial charge is 0.161 e. The number of ketones is 1. The fourth-order valence-electron chi connectivity index (χ4n) is 8.72. The Labute approximate surface area is 292 Å². The number of benzene rings is 4. The molecule has 0 bridgehead atoms. The first-order valence-corrected chi connectivity index (χ1v) is 18.4. The monoisotopic (exact) mass is 661 g/mol. The number of carbonyl (C=O) groups excluding carboxylic acids is 1. The van der Waals surface area contributed by atoms with Gasteiger partial charge >= 0.3 is 0 Å². The molecule has 0 amide bonds. The van der Waals surface area contributed by atoms with Crippen molar-refractivity contribution in [2.75, 3.05) is 27.3 Å². The summed E-state index contributed by atoms with van der Waals surface area (Å²) in [6.45, 7) is 2.09. The highest BCUT2D eigenvalue weighted by Gasteiger charge is 2.38. The fourth-order valence-corrected chi connectivity index (χ4v) is 8.72. The second kappa shape index (κ2) is 16.6. The Morgan fingerprint density at radius 1 is 0.796 bits per heavy atom. The molecule has 0 N–H and O–H groups in total. The van der Waals surface area contributed by atoms with Gasteiger partial charge in [-0.25, -0.2) is 4.39 Å². The minimum absolute atomic E-state index is 0.188. The molecule has 4 aromatic rings. The van der Waals surface area contributed by atoms with Crippen molar-refractivity contribution in [2.45, 2.75) is 88.5 Å². The second-order valence-electron chi connectivity index (χ2n) is 14.1. The van der Waals surface area contributed by atoms with Crippen LogP contribution in [0.25, 0.3) is 0 Å². The van der Waals surface area contributed by atoms with E-state index in [0.717, 1.165) is 62.3 Å². The fraction of sp³-hybridized carbons (Fsp3) is 0.432. The summed E-state index contributed by atoms with van der Waals surface area (Å²) in [5, 5.41) is 0. The van der Waals surface area contributed by atoms with Crippen molar-refractivity contribution in [3.8, 4) is 11.5 Å². The van der Waals surface area contributed by atoms with Gasteiger partial charge in [0.05, 0.1) is 14.2 Å². The topological polar surface area (TPSA) is 38.8 Å². The molecule has 1 aliphatic carbocycles. The second-order valence-corrected chi connectivity index (χ2v) is 14.1. The van der Waals surface area contributed by atoms with Crippen molar-refractivity contribution in [3.63, 3.8) is 0 Å². The number of ether oxygens (including phenoxy) is 2. The molecule has 49 heavy (non-hydrogen) atoms. The minimum atomic E-state index is -0.242. The summed E-state index contributed by atoms with van der Waals surface area (Å²) in [5.41, 5.74) is 6.30. The van der Waals surface area contributed by atoms with Crippen molar-refractivity contribution in [3.05, 3.63) is 131 Å². The largest absolute Gasteiger partial charge is 0.493 e. The van der Waals surface area contributed by atoms with E-state index in [9.17, 15) is 9.18 Å². The molecular formula is C44H52FNO3. The lowest BCUT2D eigenvalue weighted by atomic mass is 9.68. The number of rotatable bonds is 16. The Bertz CT molecular complexity index is 1590. The lowest BCUT2D eigenvalue weighted by molar-refractivity contribution is -0.119. The number of hydrogen-bond donors (Lipinski definition) is 0. The van der Waals surface area contributed by atoms with Crippen LogP contribution >= 0.6 is 0 Å². The summed E-state index contributed by atoms with van der Waals surface area (Å²) >= 11 is 0. The highest BCUT2D eigenvalue weighted by Crippen LogP contribution is 2.47. The van der Waals surface area contributed by atoms with Crippen molar-refractivity contribution in [1.82, 2.24) is 4.90 Å². The van der Waals surface area contributed by atoms with Crippen LogP contribution in [0.4, 0.5) is 4.39 Å². The van der Waals surface area contributed by atoms with Crippen LogP contribution in [0.15, 0.2) is 97.1 Å². The van der Waals surface area contributed by atoms with Gasteiger partial charge < -0.3 is 9.47 Å². The summed E-state index contributed by atoms with van der Waals surface area (Å²) in [4.78, 5) is 15.9. The van der Waals surface area contributed by atoms with Crippen LogP contribution in [0.1, 0.15) is 98.1 Å². The van der Waals surface area contributed by atoms with Gasteiger partial charge in [-0.1, -0.05) is 85.6 Å². The van der Waals surface area contributed by atoms with Crippen LogP contribution in [-0.2, 0) is 23.1 Å². The molecule has 1 fully saturated rings. The van der Waals surface area contributed by atoms with Crippen LogP contribution in [-0.4, -0.2) is 38.0 Å². The standard InChI is InChI=1S/C44H52FNO3/c1-48-41-31-35-26-30-46(43(34-13-9-10-14-34)40(35)32-42(41)49-2)29-12-28-44(36-15-5-3-6-16-36,37-17-7-4-8-18-37)27-11-19-39(47)25-22-33-20-23-38(45)24-21-33/h3-8,15-18,20-21,23-24,31-32,34,43H,9-14,19,22,25-30H2,1-2H3. The molecule has 4 nitrogen and oxygen atoms in total. The third-order valence-electron chi connectivity index (χ3n) is 11.2. The van der Waals surface area contributed by atoms with Crippen LogP contribution in [0, 0.1) is 11.7 Å². The summed E-state index contributed by atoms with van der Waals surface area (Å²) in [6.07, 6.45) is 11.7. The molecule has 1 saturated carbocycles. The normalized spacial score (nSPS) is 16.8. The Kier molecular flexibility index (Phi) is 11.8. The van der Waals surface area contributed by atoms with Gasteiger partial charge in [0, 0.05) is 30.8 Å². The van der Waals surface area contributed by atoms with E-state index in [1.807, 2.05) is 0 Å². The first kappa shape index (κ1) is 34.9.